The van der Waals surface area contributed by atoms with Gasteiger partial charge in [0, 0.05) is 17.6 Å². The largest absolute Gasteiger partial charge is 0.471 e. The van der Waals surface area contributed by atoms with Crippen LogP contribution < -0.4 is 4.74 Å². The second-order valence-corrected chi connectivity index (χ2v) is 7.56. The quantitative estimate of drug-likeness (QED) is 0.376. The van der Waals surface area contributed by atoms with Crippen molar-refractivity contribution in [3.8, 4) is 11.9 Å². The standard InChI is InChI=1S/C24H19ClFN3O/c1-15-16(2)29(13-19-5-3-4-18(10-19)12-27)23-21(15)11-22(25)28-24(23)30-14-17-6-8-20(26)9-7-17/h3-11H,13-14H2,1-2H3. The van der Waals surface area contributed by atoms with E-state index in [0.717, 1.165) is 33.3 Å². The summed E-state index contributed by atoms with van der Waals surface area (Å²) in [5, 5.41) is 10.5. The van der Waals surface area contributed by atoms with E-state index in [2.05, 4.69) is 15.6 Å². The molecule has 0 saturated heterocycles. The molecule has 0 saturated carbocycles. The molecule has 4 aromatic rings. The van der Waals surface area contributed by atoms with Gasteiger partial charge in [-0.15, -0.1) is 0 Å². The van der Waals surface area contributed by atoms with Crippen molar-refractivity contribution in [2.75, 3.05) is 0 Å². The first-order valence-electron chi connectivity index (χ1n) is 9.48. The van der Waals surface area contributed by atoms with Crippen LogP contribution in [0, 0.1) is 31.0 Å². The van der Waals surface area contributed by atoms with Gasteiger partial charge in [0.2, 0.25) is 5.88 Å². The van der Waals surface area contributed by atoms with Crippen LogP contribution in [0.15, 0.2) is 54.6 Å². The molecule has 4 rings (SSSR count). The number of nitrogens with zero attached hydrogens (tertiary/aromatic N) is 3. The number of halogens is 2. The highest BCUT2D eigenvalue weighted by Crippen LogP contribution is 2.34. The van der Waals surface area contributed by atoms with E-state index in [1.165, 1.54) is 12.1 Å². The van der Waals surface area contributed by atoms with Crippen LogP contribution in [-0.4, -0.2) is 9.55 Å². The van der Waals surface area contributed by atoms with Crippen molar-refractivity contribution in [2.24, 2.45) is 0 Å². The lowest BCUT2D eigenvalue weighted by Crippen LogP contribution is -2.05. The molecule has 2 aromatic carbocycles. The molecule has 0 fully saturated rings. The van der Waals surface area contributed by atoms with Gasteiger partial charge < -0.3 is 9.30 Å². The van der Waals surface area contributed by atoms with E-state index in [9.17, 15) is 9.65 Å². The summed E-state index contributed by atoms with van der Waals surface area (Å²) in [4.78, 5) is 4.42. The van der Waals surface area contributed by atoms with Gasteiger partial charge in [-0.1, -0.05) is 35.9 Å². The molecule has 0 amide bonds. The monoisotopic (exact) mass is 419 g/mol. The lowest BCUT2D eigenvalue weighted by Gasteiger charge is -2.13. The minimum atomic E-state index is -0.290. The van der Waals surface area contributed by atoms with E-state index in [1.54, 1.807) is 18.2 Å². The molecular formula is C24H19ClFN3O. The van der Waals surface area contributed by atoms with Crippen LogP contribution in [0.2, 0.25) is 5.15 Å². The van der Waals surface area contributed by atoms with Gasteiger partial charge >= 0.3 is 0 Å². The minimum absolute atomic E-state index is 0.246. The molecule has 30 heavy (non-hydrogen) atoms. The Kier molecular flexibility index (Phi) is 5.43. The fraction of sp³-hybridized carbons (Fsp3) is 0.167. The third-order valence-electron chi connectivity index (χ3n) is 5.24. The number of hydrogen-bond donors (Lipinski definition) is 0. The average Bonchev–Trinajstić information content (AvgIpc) is 2.98. The van der Waals surface area contributed by atoms with Crippen LogP contribution in [0.1, 0.15) is 27.9 Å². The summed E-state index contributed by atoms with van der Waals surface area (Å²) in [6.07, 6.45) is 0. The number of fused-ring (bicyclic) bond motifs is 1. The fourth-order valence-electron chi connectivity index (χ4n) is 3.55. The highest BCUT2D eigenvalue weighted by Gasteiger charge is 2.18. The molecule has 0 unspecified atom stereocenters. The van der Waals surface area contributed by atoms with Gasteiger partial charge in [-0.2, -0.15) is 10.2 Å². The van der Waals surface area contributed by atoms with Gasteiger partial charge in [0.25, 0.3) is 0 Å². The maximum absolute atomic E-state index is 13.2. The Morgan fingerprint density at radius 3 is 2.60 bits per heavy atom. The van der Waals surface area contributed by atoms with E-state index >= 15 is 0 Å². The topological polar surface area (TPSA) is 50.8 Å². The van der Waals surface area contributed by atoms with E-state index in [0.29, 0.717) is 23.1 Å². The first-order chi connectivity index (χ1) is 14.5. The Balaban J connectivity index is 1.77. The summed E-state index contributed by atoms with van der Waals surface area (Å²) in [6, 6.07) is 17.7. The van der Waals surface area contributed by atoms with Crippen LogP contribution >= 0.6 is 11.6 Å². The molecule has 0 N–H and O–H groups in total. The fourth-order valence-corrected chi connectivity index (χ4v) is 3.73. The van der Waals surface area contributed by atoms with Crippen molar-refractivity contribution >= 4 is 22.5 Å². The molecule has 150 valence electrons. The van der Waals surface area contributed by atoms with Crippen molar-refractivity contribution in [2.45, 2.75) is 27.0 Å². The predicted molar refractivity (Wildman–Crippen MR) is 115 cm³/mol. The molecule has 0 spiro atoms. The third-order valence-corrected chi connectivity index (χ3v) is 5.43. The maximum Gasteiger partial charge on any atom is 0.240 e. The van der Waals surface area contributed by atoms with Crippen molar-refractivity contribution < 1.29 is 9.13 Å². The second-order valence-electron chi connectivity index (χ2n) is 7.17. The summed E-state index contributed by atoms with van der Waals surface area (Å²) in [7, 11) is 0. The molecule has 0 atom stereocenters. The summed E-state index contributed by atoms with van der Waals surface area (Å²) in [6.45, 7) is 4.90. The van der Waals surface area contributed by atoms with Gasteiger partial charge in [-0.25, -0.2) is 4.39 Å². The van der Waals surface area contributed by atoms with Gasteiger partial charge in [0.1, 0.15) is 23.1 Å². The molecule has 2 aromatic heterocycles. The Labute approximate surface area is 179 Å². The number of benzene rings is 2. The van der Waals surface area contributed by atoms with Crippen LogP contribution in [0.3, 0.4) is 0 Å². The van der Waals surface area contributed by atoms with Crippen LogP contribution in [0.25, 0.3) is 10.9 Å². The molecule has 2 heterocycles. The number of rotatable bonds is 5. The zero-order chi connectivity index (χ0) is 21.3. The summed E-state index contributed by atoms with van der Waals surface area (Å²) < 4.78 is 21.3. The maximum atomic E-state index is 13.2. The zero-order valence-corrected chi connectivity index (χ0v) is 17.4. The summed E-state index contributed by atoms with van der Waals surface area (Å²) in [5.41, 5.74) is 5.47. The van der Waals surface area contributed by atoms with Gasteiger partial charge in [-0.05, 0) is 60.9 Å². The molecule has 0 aliphatic heterocycles. The molecule has 0 radical (unpaired) electrons. The Morgan fingerprint density at radius 2 is 1.87 bits per heavy atom. The molecule has 0 bridgehead atoms. The summed E-state index contributed by atoms with van der Waals surface area (Å²) >= 11 is 6.27. The number of aryl methyl sites for hydroxylation is 1. The Bertz CT molecular complexity index is 1270. The van der Waals surface area contributed by atoms with E-state index in [-0.39, 0.29) is 12.4 Å². The highest BCUT2D eigenvalue weighted by atomic mass is 35.5. The van der Waals surface area contributed by atoms with E-state index in [1.807, 2.05) is 38.1 Å². The molecule has 4 nitrogen and oxygen atoms in total. The molecule has 0 aliphatic rings. The molecular weight excluding hydrogens is 401 g/mol. The van der Waals surface area contributed by atoms with E-state index in [4.69, 9.17) is 16.3 Å². The zero-order valence-electron chi connectivity index (χ0n) is 16.6. The lowest BCUT2D eigenvalue weighted by molar-refractivity contribution is 0.296. The highest BCUT2D eigenvalue weighted by molar-refractivity contribution is 6.30. The Hall–Kier alpha value is -3.36. The summed E-state index contributed by atoms with van der Waals surface area (Å²) in [5.74, 6) is 0.135. The number of ether oxygens (including phenoxy) is 1. The van der Waals surface area contributed by atoms with Crippen LogP contribution in [0.5, 0.6) is 5.88 Å². The predicted octanol–water partition coefficient (Wildman–Crippen LogP) is 5.94. The lowest BCUT2D eigenvalue weighted by atomic mass is 10.1. The van der Waals surface area contributed by atoms with Crippen LogP contribution in [0.4, 0.5) is 4.39 Å². The third kappa shape index (κ3) is 3.87. The Morgan fingerprint density at radius 1 is 1.10 bits per heavy atom. The van der Waals surface area contributed by atoms with Crippen molar-refractivity contribution in [1.82, 2.24) is 9.55 Å². The number of aromatic nitrogens is 2. The molecule has 6 heteroatoms. The van der Waals surface area contributed by atoms with Gasteiger partial charge in [-0.3, -0.25) is 0 Å². The molecule has 0 aliphatic carbocycles. The minimum Gasteiger partial charge on any atom is -0.471 e. The first-order valence-corrected chi connectivity index (χ1v) is 9.86. The van der Waals surface area contributed by atoms with Crippen molar-refractivity contribution in [3.63, 3.8) is 0 Å². The van der Waals surface area contributed by atoms with Gasteiger partial charge in [0.15, 0.2) is 0 Å². The van der Waals surface area contributed by atoms with Crippen molar-refractivity contribution in [1.29, 1.82) is 5.26 Å². The van der Waals surface area contributed by atoms with Gasteiger partial charge in [0.05, 0.1) is 11.6 Å². The average molecular weight is 420 g/mol. The SMILES string of the molecule is Cc1c(C)n(Cc2cccc(C#N)c2)c2c(OCc3ccc(F)cc3)nc(Cl)cc12. The second kappa shape index (κ2) is 8.17. The number of pyridine rings is 1. The smallest absolute Gasteiger partial charge is 0.240 e. The van der Waals surface area contributed by atoms with Crippen molar-refractivity contribution in [3.05, 3.63) is 93.5 Å². The number of nitriles is 1. The number of hydrogen-bond acceptors (Lipinski definition) is 3. The normalized spacial score (nSPS) is 10.9. The van der Waals surface area contributed by atoms with E-state index < -0.39 is 0 Å². The van der Waals surface area contributed by atoms with Crippen LogP contribution in [-0.2, 0) is 13.2 Å². The first kappa shape index (κ1) is 19.9.